The predicted octanol–water partition coefficient (Wildman–Crippen LogP) is 2.73. The fourth-order valence-corrected chi connectivity index (χ4v) is 2.52. The zero-order chi connectivity index (χ0) is 14.5. The third-order valence-corrected chi connectivity index (χ3v) is 3.46. The van der Waals surface area contributed by atoms with Crippen molar-refractivity contribution < 1.29 is 23.4 Å². The number of nitrogens with zero attached hydrogens (tertiary/aromatic N) is 1. The molecule has 4 nitrogen and oxygen atoms in total. The summed E-state index contributed by atoms with van der Waals surface area (Å²) in [6.07, 6.45) is 2.39. The quantitative estimate of drug-likeness (QED) is 0.903. The number of carboxylic acid groups (broad SMARTS) is 1. The number of para-hydroxylation sites is 1. The number of hydrogen-bond donors (Lipinski definition) is 1. The van der Waals surface area contributed by atoms with Crippen molar-refractivity contribution in [2.75, 3.05) is 6.54 Å². The van der Waals surface area contributed by atoms with E-state index >= 15 is 0 Å². The monoisotopic (exact) mass is 285 g/mol. The van der Waals surface area contributed by atoms with Crippen molar-refractivity contribution in [3.63, 3.8) is 0 Å². The highest BCUT2D eigenvalue weighted by molar-refractivity contribution is 5.73. The van der Waals surface area contributed by atoms with E-state index in [2.05, 4.69) is 4.74 Å². The highest BCUT2D eigenvalue weighted by atomic mass is 19.3. The summed E-state index contributed by atoms with van der Waals surface area (Å²) in [7, 11) is 0. The van der Waals surface area contributed by atoms with Gasteiger partial charge >= 0.3 is 12.6 Å². The number of hydrogen-bond acceptors (Lipinski definition) is 3. The molecule has 2 rings (SSSR count). The Morgan fingerprint density at radius 2 is 2.15 bits per heavy atom. The van der Waals surface area contributed by atoms with E-state index in [1.165, 1.54) is 6.07 Å². The number of rotatable bonds is 5. The van der Waals surface area contributed by atoms with Crippen LogP contribution in [0.3, 0.4) is 0 Å². The van der Waals surface area contributed by atoms with Crippen LogP contribution in [-0.2, 0) is 11.3 Å². The molecule has 0 amide bonds. The normalized spacial score (nSPS) is 20.1. The topological polar surface area (TPSA) is 49.8 Å². The number of likely N-dealkylation sites (tertiary alicyclic amines) is 1. The van der Waals surface area contributed by atoms with Gasteiger partial charge in [-0.1, -0.05) is 24.6 Å². The first-order valence-corrected chi connectivity index (χ1v) is 6.57. The van der Waals surface area contributed by atoms with Gasteiger partial charge in [-0.2, -0.15) is 8.78 Å². The Hall–Kier alpha value is -1.69. The predicted molar refractivity (Wildman–Crippen MR) is 68.8 cm³/mol. The first kappa shape index (κ1) is 14.7. The number of carboxylic acids is 1. The second-order valence-corrected chi connectivity index (χ2v) is 4.81. The summed E-state index contributed by atoms with van der Waals surface area (Å²) in [5.74, 6) is -0.755. The molecule has 1 unspecified atom stereocenters. The minimum Gasteiger partial charge on any atom is -0.480 e. The highest BCUT2D eigenvalue weighted by Crippen LogP contribution is 2.25. The fourth-order valence-electron chi connectivity index (χ4n) is 2.52. The Kier molecular flexibility index (Phi) is 4.89. The average molecular weight is 285 g/mol. The standard InChI is InChI=1S/C14H17F2NO3/c15-14(16)20-12-7-2-1-5-10(12)9-17-8-4-3-6-11(17)13(18)19/h1-2,5,7,11,14H,3-4,6,8-9H2,(H,18,19). The number of ether oxygens (including phenoxy) is 1. The van der Waals surface area contributed by atoms with Crippen LogP contribution >= 0.6 is 0 Å². The molecule has 0 aliphatic carbocycles. The second-order valence-electron chi connectivity index (χ2n) is 4.81. The Morgan fingerprint density at radius 3 is 2.85 bits per heavy atom. The zero-order valence-electron chi connectivity index (χ0n) is 11.0. The van der Waals surface area contributed by atoms with Gasteiger partial charge in [-0.25, -0.2) is 0 Å². The first-order chi connectivity index (χ1) is 9.58. The maximum absolute atomic E-state index is 12.4. The van der Waals surface area contributed by atoms with E-state index in [0.717, 1.165) is 12.8 Å². The lowest BCUT2D eigenvalue weighted by atomic mass is 10.0. The van der Waals surface area contributed by atoms with Gasteiger partial charge in [0.1, 0.15) is 11.8 Å². The van der Waals surface area contributed by atoms with Crippen LogP contribution in [0.1, 0.15) is 24.8 Å². The minimum absolute atomic E-state index is 0.109. The molecule has 0 radical (unpaired) electrons. The summed E-state index contributed by atoms with van der Waals surface area (Å²) in [4.78, 5) is 13.0. The molecule has 1 atom stereocenters. The van der Waals surface area contributed by atoms with Gasteiger partial charge in [0.2, 0.25) is 0 Å². The van der Waals surface area contributed by atoms with E-state index in [4.69, 9.17) is 0 Å². The van der Waals surface area contributed by atoms with Gasteiger partial charge in [-0.3, -0.25) is 9.69 Å². The Bertz CT molecular complexity index is 467. The maximum atomic E-state index is 12.4. The van der Waals surface area contributed by atoms with Gasteiger partial charge in [0.15, 0.2) is 0 Å². The average Bonchev–Trinajstić information content (AvgIpc) is 2.41. The summed E-state index contributed by atoms with van der Waals surface area (Å²) >= 11 is 0. The van der Waals surface area contributed by atoms with E-state index < -0.39 is 18.6 Å². The number of aliphatic carboxylic acids is 1. The van der Waals surface area contributed by atoms with Crippen molar-refractivity contribution in [1.29, 1.82) is 0 Å². The van der Waals surface area contributed by atoms with Gasteiger partial charge in [-0.05, 0) is 25.5 Å². The van der Waals surface area contributed by atoms with E-state index in [1.54, 1.807) is 23.1 Å². The molecule has 1 aromatic rings. The minimum atomic E-state index is -2.88. The van der Waals surface area contributed by atoms with Gasteiger partial charge in [0, 0.05) is 12.1 Å². The van der Waals surface area contributed by atoms with Crippen LogP contribution in [0.25, 0.3) is 0 Å². The van der Waals surface area contributed by atoms with Gasteiger partial charge in [-0.15, -0.1) is 0 Å². The molecule has 20 heavy (non-hydrogen) atoms. The lowest BCUT2D eigenvalue weighted by molar-refractivity contribution is -0.144. The fraction of sp³-hybridized carbons (Fsp3) is 0.500. The molecule has 0 saturated carbocycles. The molecule has 1 fully saturated rings. The molecule has 1 aromatic carbocycles. The lowest BCUT2D eigenvalue weighted by Gasteiger charge is -2.33. The number of benzene rings is 1. The van der Waals surface area contributed by atoms with Crippen molar-refractivity contribution >= 4 is 5.97 Å². The molecule has 1 N–H and O–H groups in total. The van der Waals surface area contributed by atoms with Crippen molar-refractivity contribution in [1.82, 2.24) is 4.90 Å². The third-order valence-electron chi connectivity index (χ3n) is 3.46. The van der Waals surface area contributed by atoms with Crippen LogP contribution in [0, 0.1) is 0 Å². The summed E-state index contributed by atoms with van der Waals surface area (Å²) in [6, 6.07) is 5.95. The first-order valence-electron chi connectivity index (χ1n) is 6.57. The second kappa shape index (κ2) is 6.65. The van der Waals surface area contributed by atoms with Crippen LogP contribution in [0.5, 0.6) is 5.75 Å². The zero-order valence-corrected chi connectivity index (χ0v) is 11.0. The number of carbonyl (C=O) groups is 1. The Labute approximate surface area is 116 Å². The van der Waals surface area contributed by atoms with Gasteiger partial charge < -0.3 is 9.84 Å². The third kappa shape index (κ3) is 3.66. The molecule has 1 aliphatic heterocycles. The van der Waals surface area contributed by atoms with Crippen molar-refractivity contribution in [2.24, 2.45) is 0 Å². The highest BCUT2D eigenvalue weighted by Gasteiger charge is 2.28. The van der Waals surface area contributed by atoms with Crippen molar-refractivity contribution in [3.05, 3.63) is 29.8 Å². The largest absolute Gasteiger partial charge is 0.480 e. The summed E-state index contributed by atoms with van der Waals surface area (Å²) in [5, 5.41) is 9.21. The van der Waals surface area contributed by atoms with Crippen LogP contribution in [0.2, 0.25) is 0 Å². The van der Waals surface area contributed by atoms with E-state index in [9.17, 15) is 18.7 Å². The Balaban J connectivity index is 2.13. The van der Waals surface area contributed by atoms with Crippen LogP contribution in [-0.4, -0.2) is 35.2 Å². The number of piperidine rings is 1. The van der Waals surface area contributed by atoms with Crippen LogP contribution < -0.4 is 4.74 Å². The lowest BCUT2D eigenvalue weighted by Crippen LogP contribution is -2.44. The van der Waals surface area contributed by atoms with Crippen LogP contribution in [0.15, 0.2) is 24.3 Å². The summed E-state index contributed by atoms with van der Waals surface area (Å²) < 4.78 is 29.2. The van der Waals surface area contributed by atoms with E-state index in [0.29, 0.717) is 25.1 Å². The molecule has 1 aliphatic rings. The molecule has 0 spiro atoms. The summed E-state index contributed by atoms with van der Waals surface area (Å²) in [5.41, 5.74) is 0.584. The van der Waals surface area contributed by atoms with E-state index in [-0.39, 0.29) is 5.75 Å². The molecule has 6 heteroatoms. The molecule has 0 aromatic heterocycles. The van der Waals surface area contributed by atoms with Crippen LogP contribution in [0.4, 0.5) is 8.78 Å². The molecule has 1 heterocycles. The summed E-state index contributed by atoms with van der Waals surface area (Å²) in [6.45, 7) is -1.92. The number of alkyl halides is 2. The van der Waals surface area contributed by atoms with Gasteiger partial charge in [0.05, 0.1) is 0 Å². The molecular weight excluding hydrogens is 268 g/mol. The molecule has 1 saturated heterocycles. The molecule has 0 bridgehead atoms. The smallest absolute Gasteiger partial charge is 0.387 e. The maximum Gasteiger partial charge on any atom is 0.387 e. The molecular formula is C14H17F2NO3. The van der Waals surface area contributed by atoms with Crippen molar-refractivity contribution in [3.8, 4) is 5.75 Å². The van der Waals surface area contributed by atoms with Crippen molar-refractivity contribution in [2.45, 2.75) is 38.5 Å². The van der Waals surface area contributed by atoms with E-state index in [1.807, 2.05) is 0 Å². The number of halogens is 2. The van der Waals surface area contributed by atoms with Gasteiger partial charge in [0.25, 0.3) is 0 Å². The SMILES string of the molecule is O=C(O)C1CCCCN1Cc1ccccc1OC(F)F. The Morgan fingerprint density at radius 1 is 1.40 bits per heavy atom. The molecule has 110 valence electrons.